The highest BCUT2D eigenvalue weighted by molar-refractivity contribution is 5.45. The monoisotopic (exact) mass is 273 g/mol. The van der Waals surface area contributed by atoms with E-state index in [-0.39, 0.29) is 17.6 Å². The largest absolute Gasteiger partial charge is 0.390 e. The second-order valence-corrected chi connectivity index (χ2v) is 6.49. The summed E-state index contributed by atoms with van der Waals surface area (Å²) in [6, 6.07) is 8.90. The summed E-state index contributed by atoms with van der Waals surface area (Å²) < 4.78 is 5.56. The van der Waals surface area contributed by atoms with E-state index >= 15 is 0 Å². The van der Waals surface area contributed by atoms with Gasteiger partial charge in [-0.3, -0.25) is 4.90 Å². The van der Waals surface area contributed by atoms with Crippen LogP contribution in [0.4, 0.5) is 0 Å². The van der Waals surface area contributed by atoms with Gasteiger partial charge >= 0.3 is 0 Å². The fourth-order valence-corrected chi connectivity index (χ4v) is 4.56. The number of likely N-dealkylation sites (tertiary alicyclic amines) is 1. The molecule has 1 spiro atoms. The minimum Gasteiger partial charge on any atom is -0.390 e. The minimum absolute atomic E-state index is 0.0674. The first kappa shape index (κ1) is 12.8. The maximum atomic E-state index is 11.1. The highest BCUT2D eigenvalue weighted by Crippen LogP contribution is 2.52. The van der Waals surface area contributed by atoms with E-state index in [1.54, 1.807) is 0 Å². The maximum absolute atomic E-state index is 11.1. The van der Waals surface area contributed by atoms with Gasteiger partial charge in [-0.05, 0) is 49.9 Å². The Morgan fingerprint density at radius 1 is 1.10 bits per heavy atom. The molecule has 2 fully saturated rings. The molecule has 3 nitrogen and oxygen atoms in total. The predicted octanol–water partition coefficient (Wildman–Crippen LogP) is 2.25. The molecule has 2 aliphatic heterocycles. The van der Waals surface area contributed by atoms with Gasteiger partial charge in [-0.15, -0.1) is 0 Å². The topological polar surface area (TPSA) is 32.7 Å². The van der Waals surface area contributed by atoms with Crippen molar-refractivity contribution in [3.05, 3.63) is 35.4 Å². The van der Waals surface area contributed by atoms with Gasteiger partial charge in [0.15, 0.2) is 0 Å². The number of nitrogens with zero attached hydrogens (tertiary/aromatic N) is 1. The molecule has 0 bridgehead atoms. The van der Waals surface area contributed by atoms with E-state index in [0.717, 1.165) is 39.1 Å². The van der Waals surface area contributed by atoms with Gasteiger partial charge in [0.25, 0.3) is 0 Å². The lowest BCUT2D eigenvalue weighted by Crippen LogP contribution is -2.45. The molecule has 2 atom stereocenters. The van der Waals surface area contributed by atoms with Crippen molar-refractivity contribution in [3.63, 3.8) is 0 Å². The van der Waals surface area contributed by atoms with Crippen molar-refractivity contribution in [2.24, 2.45) is 0 Å². The Morgan fingerprint density at radius 2 is 1.80 bits per heavy atom. The lowest BCUT2D eigenvalue weighted by molar-refractivity contribution is -0.0380. The molecule has 1 N–H and O–H groups in total. The second kappa shape index (κ2) is 4.83. The van der Waals surface area contributed by atoms with Crippen LogP contribution in [0.15, 0.2) is 24.3 Å². The van der Waals surface area contributed by atoms with Crippen LogP contribution in [0.25, 0.3) is 0 Å². The summed E-state index contributed by atoms with van der Waals surface area (Å²) in [6.07, 6.45) is 4.16. The van der Waals surface area contributed by atoms with Crippen LogP contribution >= 0.6 is 0 Å². The van der Waals surface area contributed by atoms with Crippen molar-refractivity contribution in [2.45, 2.75) is 43.2 Å². The van der Waals surface area contributed by atoms with Gasteiger partial charge in [-0.2, -0.15) is 0 Å². The molecule has 0 radical (unpaired) electrons. The summed E-state index contributed by atoms with van der Waals surface area (Å²) in [5.74, 6) is 0. The van der Waals surface area contributed by atoms with Crippen molar-refractivity contribution >= 4 is 0 Å². The van der Waals surface area contributed by atoms with Gasteiger partial charge in [0, 0.05) is 18.6 Å². The fourth-order valence-electron chi connectivity index (χ4n) is 4.56. The number of rotatable bonds is 1. The van der Waals surface area contributed by atoms with E-state index in [1.165, 1.54) is 24.0 Å². The minimum atomic E-state index is -0.276. The van der Waals surface area contributed by atoms with Crippen molar-refractivity contribution in [2.75, 3.05) is 26.3 Å². The van der Waals surface area contributed by atoms with Crippen molar-refractivity contribution in [1.82, 2.24) is 4.90 Å². The number of ether oxygens (including phenoxy) is 1. The number of benzene rings is 1. The number of fused-ring (bicyclic) bond motifs is 2. The van der Waals surface area contributed by atoms with Crippen LogP contribution in [-0.2, 0) is 10.2 Å². The zero-order valence-electron chi connectivity index (χ0n) is 11.9. The number of hydrogen-bond acceptors (Lipinski definition) is 3. The van der Waals surface area contributed by atoms with E-state index in [2.05, 4.69) is 29.2 Å². The van der Waals surface area contributed by atoms with Gasteiger partial charge < -0.3 is 9.84 Å². The second-order valence-electron chi connectivity index (χ2n) is 6.49. The standard InChI is InChI=1S/C17H23NO2/c19-16-15(18-9-3-4-10-18)13-5-1-2-6-14(13)17(16)7-11-20-12-8-17/h1-2,5-6,15-16,19H,3-4,7-12H2/t15-,16+/m0/s1. The highest BCUT2D eigenvalue weighted by Gasteiger charge is 2.53. The summed E-state index contributed by atoms with van der Waals surface area (Å²) in [5.41, 5.74) is 2.68. The Hall–Kier alpha value is -0.900. The van der Waals surface area contributed by atoms with Crippen LogP contribution in [0.5, 0.6) is 0 Å². The maximum Gasteiger partial charge on any atom is 0.0835 e. The first-order chi connectivity index (χ1) is 9.83. The molecule has 1 aromatic rings. The lowest BCUT2D eigenvalue weighted by Gasteiger charge is -2.39. The van der Waals surface area contributed by atoms with Crippen LogP contribution in [-0.4, -0.2) is 42.4 Å². The van der Waals surface area contributed by atoms with E-state index in [1.807, 2.05) is 0 Å². The molecule has 3 heteroatoms. The molecule has 1 aliphatic carbocycles. The predicted molar refractivity (Wildman–Crippen MR) is 77.7 cm³/mol. The van der Waals surface area contributed by atoms with Crippen molar-refractivity contribution in [3.8, 4) is 0 Å². The zero-order chi connectivity index (χ0) is 13.6. The average Bonchev–Trinajstić information content (AvgIpc) is 3.09. The van der Waals surface area contributed by atoms with Gasteiger partial charge in [0.05, 0.1) is 12.1 Å². The van der Waals surface area contributed by atoms with E-state index < -0.39 is 0 Å². The molecular formula is C17H23NO2. The van der Waals surface area contributed by atoms with Crippen LogP contribution in [0.3, 0.4) is 0 Å². The average molecular weight is 273 g/mol. The molecule has 20 heavy (non-hydrogen) atoms. The van der Waals surface area contributed by atoms with Crippen molar-refractivity contribution < 1.29 is 9.84 Å². The lowest BCUT2D eigenvalue weighted by atomic mass is 9.73. The van der Waals surface area contributed by atoms with E-state index in [0.29, 0.717) is 0 Å². The fraction of sp³-hybridized carbons (Fsp3) is 0.647. The first-order valence-electron chi connectivity index (χ1n) is 7.92. The van der Waals surface area contributed by atoms with Crippen LogP contribution in [0, 0.1) is 0 Å². The summed E-state index contributed by atoms with van der Waals surface area (Å²) in [7, 11) is 0. The van der Waals surface area contributed by atoms with Gasteiger partial charge in [0.1, 0.15) is 0 Å². The molecule has 1 aromatic carbocycles. The van der Waals surface area contributed by atoms with Crippen molar-refractivity contribution in [1.29, 1.82) is 0 Å². The molecule has 0 unspecified atom stereocenters. The Balaban J connectivity index is 1.79. The van der Waals surface area contributed by atoms with Gasteiger partial charge in [0.2, 0.25) is 0 Å². The van der Waals surface area contributed by atoms with E-state index in [9.17, 15) is 5.11 Å². The zero-order valence-corrected chi connectivity index (χ0v) is 11.9. The Morgan fingerprint density at radius 3 is 2.55 bits per heavy atom. The molecule has 0 saturated carbocycles. The molecule has 108 valence electrons. The van der Waals surface area contributed by atoms with Crippen LogP contribution in [0.2, 0.25) is 0 Å². The molecule has 2 heterocycles. The Labute approximate surface area is 120 Å². The summed E-state index contributed by atoms with van der Waals surface area (Å²) >= 11 is 0. The van der Waals surface area contributed by atoms with Gasteiger partial charge in [-0.25, -0.2) is 0 Å². The molecular weight excluding hydrogens is 250 g/mol. The van der Waals surface area contributed by atoms with Crippen LogP contribution < -0.4 is 0 Å². The smallest absolute Gasteiger partial charge is 0.0835 e. The van der Waals surface area contributed by atoms with Gasteiger partial charge in [-0.1, -0.05) is 24.3 Å². The summed E-state index contributed by atoms with van der Waals surface area (Å²) in [6.45, 7) is 3.81. The number of aliphatic hydroxyl groups is 1. The highest BCUT2D eigenvalue weighted by atomic mass is 16.5. The third kappa shape index (κ3) is 1.70. The number of aliphatic hydroxyl groups excluding tert-OH is 1. The van der Waals surface area contributed by atoms with Crippen LogP contribution in [0.1, 0.15) is 42.9 Å². The third-order valence-electron chi connectivity index (χ3n) is 5.60. The normalized spacial score (nSPS) is 32.6. The molecule has 2 saturated heterocycles. The molecule has 0 aromatic heterocycles. The third-order valence-corrected chi connectivity index (χ3v) is 5.60. The quantitative estimate of drug-likeness (QED) is 0.852. The first-order valence-corrected chi connectivity index (χ1v) is 7.92. The Bertz CT molecular complexity index is 490. The Kier molecular flexibility index (Phi) is 3.09. The summed E-state index contributed by atoms with van der Waals surface area (Å²) in [5, 5.41) is 11.1. The summed E-state index contributed by atoms with van der Waals surface area (Å²) in [4.78, 5) is 2.49. The van der Waals surface area contributed by atoms with E-state index in [4.69, 9.17) is 4.74 Å². The SMILES string of the molecule is O[C@@H]1[C@@H](N2CCCC2)c2ccccc2C12CCOCC2. The number of hydrogen-bond donors (Lipinski definition) is 1. The molecule has 4 rings (SSSR count). The molecule has 0 amide bonds. The molecule has 3 aliphatic rings.